The molecule has 0 bridgehead atoms. The van der Waals surface area contributed by atoms with Gasteiger partial charge in [0.1, 0.15) is 0 Å². The van der Waals surface area contributed by atoms with Crippen LogP contribution in [0.1, 0.15) is 45.2 Å². The lowest BCUT2D eigenvalue weighted by Crippen LogP contribution is -2.46. The molecule has 2 rings (SSSR count). The number of sulfonamides is 1. The van der Waals surface area contributed by atoms with Gasteiger partial charge in [0.2, 0.25) is 10.0 Å². The van der Waals surface area contributed by atoms with Crippen LogP contribution in [-0.4, -0.2) is 24.6 Å². The summed E-state index contributed by atoms with van der Waals surface area (Å²) in [6.07, 6.45) is 5.55. The Morgan fingerprint density at radius 1 is 1.47 bits per heavy atom. The van der Waals surface area contributed by atoms with Gasteiger partial charge in [-0.2, -0.15) is 0 Å². The van der Waals surface area contributed by atoms with E-state index in [1.54, 1.807) is 0 Å². The second-order valence-electron chi connectivity index (χ2n) is 5.93. The summed E-state index contributed by atoms with van der Waals surface area (Å²) in [6, 6.07) is 1.44. The van der Waals surface area contributed by atoms with E-state index in [4.69, 9.17) is 5.11 Å². The van der Waals surface area contributed by atoms with Crippen molar-refractivity contribution < 1.29 is 13.5 Å². The van der Waals surface area contributed by atoms with Crippen molar-refractivity contribution in [3.63, 3.8) is 0 Å². The van der Waals surface area contributed by atoms with E-state index in [1.807, 2.05) is 0 Å². The van der Waals surface area contributed by atoms with Gasteiger partial charge >= 0.3 is 0 Å². The Morgan fingerprint density at radius 3 is 2.79 bits per heavy atom. The highest BCUT2D eigenvalue weighted by molar-refractivity contribution is 7.89. The molecule has 108 valence electrons. The third kappa shape index (κ3) is 3.19. The van der Waals surface area contributed by atoms with Crippen LogP contribution >= 0.6 is 0 Å². The van der Waals surface area contributed by atoms with Crippen molar-refractivity contribution in [1.82, 2.24) is 9.71 Å². The van der Waals surface area contributed by atoms with Gasteiger partial charge in [0.05, 0.1) is 11.5 Å². The van der Waals surface area contributed by atoms with Crippen LogP contribution in [0.3, 0.4) is 0 Å². The first-order valence-corrected chi connectivity index (χ1v) is 8.14. The Kier molecular flexibility index (Phi) is 4.03. The molecule has 0 saturated heterocycles. The van der Waals surface area contributed by atoms with Gasteiger partial charge in [0.15, 0.2) is 0 Å². The molecule has 1 heterocycles. The minimum absolute atomic E-state index is 0.0125. The van der Waals surface area contributed by atoms with E-state index < -0.39 is 10.0 Å². The fourth-order valence-corrected chi connectivity index (χ4v) is 4.09. The van der Waals surface area contributed by atoms with Crippen LogP contribution in [0.25, 0.3) is 0 Å². The van der Waals surface area contributed by atoms with Gasteiger partial charge in [0, 0.05) is 17.9 Å². The maximum absolute atomic E-state index is 12.3. The number of aliphatic hydroxyl groups is 1. The molecule has 0 radical (unpaired) electrons. The third-order valence-electron chi connectivity index (χ3n) is 4.00. The summed E-state index contributed by atoms with van der Waals surface area (Å²) in [7, 11) is -3.51. The molecule has 1 fully saturated rings. The molecule has 0 amide bonds. The molecule has 0 spiro atoms. The SMILES string of the molecule is CC1(C)CCCCC1NS(=O)(=O)c1c[nH]c(CO)c1. The Bertz CT molecular complexity index is 534. The van der Waals surface area contributed by atoms with Gasteiger partial charge in [0.25, 0.3) is 0 Å². The molecule has 19 heavy (non-hydrogen) atoms. The van der Waals surface area contributed by atoms with Crippen molar-refractivity contribution in [2.45, 2.75) is 57.1 Å². The van der Waals surface area contributed by atoms with Gasteiger partial charge in [-0.15, -0.1) is 0 Å². The summed E-state index contributed by atoms with van der Waals surface area (Å²) in [5.74, 6) is 0. The van der Waals surface area contributed by atoms with Crippen LogP contribution in [0, 0.1) is 5.41 Å². The standard InChI is InChI=1S/C13H22N2O3S/c1-13(2)6-4-3-5-12(13)15-19(17,18)11-7-10(9-16)14-8-11/h7-8,12,14-16H,3-6,9H2,1-2H3. The van der Waals surface area contributed by atoms with E-state index >= 15 is 0 Å². The van der Waals surface area contributed by atoms with E-state index in [9.17, 15) is 8.42 Å². The van der Waals surface area contributed by atoms with E-state index in [0.717, 1.165) is 25.7 Å². The van der Waals surface area contributed by atoms with Gasteiger partial charge in [-0.25, -0.2) is 13.1 Å². The highest BCUT2D eigenvalue weighted by atomic mass is 32.2. The average Bonchev–Trinajstić information content (AvgIpc) is 2.81. The van der Waals surface area contributed by atoms with Gasteiger partial charge in [-0.1, -0.05) is 26.7 Å². The number of aliphatic hydroxyl groups excluding tert-OH is 1. The highest BCUT2D eigenvalue weighted by Gasteiger charge is 2.35. The first-order valence-electron chi connectivity index (χ1n) is 6.66. The summed E-state index contributed by atoms with van der Waals surface area (Å²) >= 11 is 0. The Morgan fingerprint density at radius 2 is 2.21 bits per heavy atom. The number of hydrogen-bond acceptors (Lipinski definition) is 3. The number of aromatic nitrogens is 1. The largest absolute Gasteiger partial charge is 0.390 e. The van der Waals surface area contributed by atoms with E-state index in [-0.39, 0.29) is 23.0 Å². The Balaban J connectivity index is 2.16. The Hall–Kier alpha value is -0.850. The number of rotatable bonds is 4. The number of hydrogen-bond donors (Lipinski definition) is 3. The fourth-order valence-electron chi connectivity index (χ4n) is 2.63. The number of H-pyrrole nitrogens is 1. The van der Waals surface area contributed by atoms with E-state index in [1.165, 1.54) is 12.3 Å². The molecule has 1 aromatic rings. The summed E-state index contributed by atoms with van der Waals surface area (Å²) in [4.78, 5) is 2.94. The van der Waals surface area contributed by atoms with Crippen molar-refractivity contribution in [2.75, 3.05) is 0 Å². The van der Waals surface area contributed by atoms with Crippen molar-refractivity contribution >= 4 is 10.0 Å². The van der Waals surface area contributed by atoms with Crippen molar-refractivity contribution in [3.8, 4) is 0 Å². The number of aromatic amines is 1. The molecule has 5 nitrogen and oxygen atoms in total. The summed E-state index contributed by atoms with van der Waals surface area (Å²) in [5.41, 5.74) is 0.491. The quantitative estimate of drug-likeness (QED) is 0.788. The van der Waals surface area contributed by atoms with Crippen molar-refractivity contribution in [3.05, 3.63) is 18.0 Å². The molecule has 0 aliphatic heterocycles. The normalized spacial score (nSPS) is 23.4. The molecular formula is C13H22N2O3S. The zero-order chi connectivity index (χ0) is 14.1. The van der Waals surface area contributed by atoms with E-state index in [2.05, 4.69) is 23.6 Å². The number of nitrogens with one attached hydrogen (secondary N) is 2. The second kappa shape index (κ2) is 5.26. The van der Waals surface area contributed by atoms with Gasteiger partial charge in [-0.05, 0) is 24.3 Å². The van der Waals surface area contributed by atoms with Gasteiger partial charge in [-0.3, -0.25) is 0 Å². The summed E-state index contributed by atoms with van der Waals surface area (Å²) < 4.78 is 27.4. The predicted octanol–water partition coefficient (Wildman–Crippen LogP) is 1.75. The monoisotopic (exact) mass is 286 g/mol. The molecule has 1 atom stereocenters. The van der Waals surface area contributed by atoms with Crippen LogP contribution in [0.15, 0.2) is 17.2 Å². The van der Waals surface area contributed by atoms with E-state index in [0.29, 0.717) is 5.69 Å². The van der Waals surface area contributed by atoms with Crippen molar-refractivity contribution in [2.24, 2.45) is 5.41 Å². The van der Waals surface area contributed by atoms with Crippen LogP contribution in [0.5, 0.6) is 0 Å². The first kappa shape index (κ1) is 14.6. The lowest BCUT2D eigenvalue weighted by molar-refractivity contribution is 0.188. The molecule has 0 aromatic carbocycles. The maximum atomic E-state index is 12.3. The zero-order valence-electron chi connectivity index (χ0n) is 11.4. The lowest BCUT2D eigenvalue weighted by Gasteiger charge is -2.38. The average molecular weight is 286 g/mol. The van der Waals surface area contributed by atoms with Crippen LogP contribution in [0.2, 0.25) is 0 Å². The molecule has 3 N–H and O–H groups in total. The third-order valence-corrected chi connectivity index (χ3v) is 5.45. The maximum Gasteiger partial charge on any atom is 0.242 e. The molecule has 1 unspecified atom stereocenters. The van der Waals surface area contributed by atoms with Crippen molar-refractivity contribution in [1.29, 1.82) is 0 Å². The molecule has 1 aliphatic carbocycles. The minimum atomic E-state index is -3.51. The molecule has 1 aliphatic rings. The second-order valence-corrected chi connectivity index (χ2v) is 7.64. The van der Waals surface area contributed by atoms with Crippen LogP contribution < -0.4 is 4.72 Å². The minimum Gasteiger partial charge on any atom is -0.390 e. The smallest absolute Gasteiger partial charge is 0.242 e. The lowest BCUT2D eigenvalue weighted by atomic mass is 9.74. The highest BCUT2D eigenvalue weighted by Crippen LogP contribution is 2.36. The fraction of sp³-hybridized carbons (Fsp3) is 0.692. The first-order chi connectivity index (χ1) is 8.85. The summed E-state index contributed by atoms with van der Waals surface area (Å²) in [5, 5.41) is 8.97. The van der Waals surface area contributed by atoms with Crippen LogP contribution in [0.4, 0.5) is 0 Å². The zero-order valence-corrected chi connectivity index (χ0v) is 12.3. The molecular weight excluding hydrogens is 264 g/mol. The predicted molar refractivity (Wildman–Crippen MR) is 73.1 cm³/mol. The topological polar surface area (TPSA) is 82.2 Å². The van der Waals surface area contributed by atoms with Crippen LogP contribution in [-0.2, 0) is 16.6 Å². The molecule has 1 aromatic heterocycles. The Labute approximate surface area is 114 Å². The summed E-state index contributed by atoms with van der Waals surface area (Å²) in [6.45, 7) is 4.02. The van der Waals surface area contributed by atoms with Gasteiger partial charge < -0.3 is 10.1 Å². The molecule has 6 heteroatoms. The molecule has 1 saturated carbocycles.